The maximum atomic E-state index is 12.4. The van der Waals surface area contributed by atoms with Gasteiger partial charge in [-0.3, -0.25) is 4.79 Å². The van der Waals surface area contributed by atoms with Crippen LogP contribution in [0.1, 0.15) is 23.0 Å². The number of likely N-dealkylation sites (tertiary alicyclic amines) is 1. The fraction of sp³-hybridized carbons (Fsp3) is 0.583. The molecule has 17 heavy (non-hydrogen) atoms. The van der Waals surface area contributed by atoms with Gasteiger partial charge in [0.15, 0.2) is 0 Å². The molecule has 2 atom stereocenters. The number of hydrogen-bond acceptors (Lipinski definition) is 4. The van der Waals surface area contributed by atoms with E-state index in [1.165, 1.54) is 11.3 Å². The average Bonchev–Trinajstić information content (AvgIpc) is 2.93. The molecule has 0 saturated carbocycles. The standard InChI is InChI=1S/C12H18N2OS2/c1-8-5-9(6-13)7-14(8)12(15)11-10(16-2)3-4-17-11/h3-4,8-9H,5-7,13H2,1-2H3. The van der Waals surface area contributed by atoms with Crippen LogP contribution in [-0.2, 0) is 0 Å². The van der Waals surface area contributed by atoms with Gasteiger partial charge in [-0.1, -0.05) is 0 Å². The molecule has 1 fully saturated rings. The summed E-state index contributed by atoms with van der Waals surface area (Å²) < 4.78 is 0. The summed E-state index contributed by atoms with van der Waals surface area (Å²) in [5.41, 5.74) is 5.69. The third kappa shape index (κ3) is 2.51. The first-order valence-corrected chi connectivity index (χ1v) is 7.90. The molecule has 2 unspecified atom stereocenters. The molecule has 0 bridgehead atoms. The summed E-state index contributed by atoms with van der Waals surface area (Å²) in [6, 6.07) is 2.33. The minimum absolute atomic E-state index is 0.174. The van der Waals surface area contributed by atoms with E-state index >= 15 is 0 Å². The van der Waals surface area contributed by atoms with Crippen LogP contribution in [-0.4, -0.2) is 36.2 Å². The number of thioether (sulfide) groups is 1. The Morgan fingerprint density at radius 3 is 3.06 bits per heavy atom. The molecule has 0 aromatic carbocycles. The van der Waals surface area contributed by atoms with Crippen molar-refractivity contribution in [1.29, 1.82) is 0 Å². The van der Waals surface area contributed by atoms with E-state index < -0.39 is 0 Å². The molecule has 1 aromatic heterocycles. The number of carbonyl (C=O) groups excluding carboxylic acids is 1. The molecule has 5 heteroatoms. The van der Waals surface area contributed by atoms with E-state index in [-0.39, 0.29) is 5.91 Å². The van der Waals surface area contributed by atoms with Crippen molar-refractivity contribution in [3.63, 3.8) is 0 Å². The number of hydrogen-bond donors (Lipinski definition) is 1. The van der Waals surface area contributed by atoms with E-state index in [1.807, 2.05) is 22.6 Å². The number of amides is 1. The van der Waals surface area contributed by atoms with Crippen molar-refractivity contribution in [3.8, 4) is 0 Å². The van der Waals surface area contributed by atoms with Crippen LogP contribution < -0.4 is 5.73 Å². The summed E-state index contributed by atoms with van der Waals surface area (Å²) in [5, 5.41) is 1.99. The van der Waals surface area contributed by atoms with Gasteiger partial charge in [0.05, 0.1) is 0 Å². The van der Waals surface area contributed by atoms with Gasteiger partial charge in [0, 0.05) is 17.5 Å². The lowest BCUT2D eigenvalue weighted by atomic mass is 10.1. The molecule has 0 aliphatic carbocycles. The third-order valence-corrected chi connectivity index (χ3v) is 5.11. The first kappa shape index (κ1) is 12.9. The highest BCUT2D eigenvalue weighted by Gasteiger charge is 2.33. The third-order valence-electron chi connectivity index (χ3n) is 3.30. The number of nitrogens with two attached hydrogens (primary N) is 1. The van der Waals surface area contributed by atoms with E-state index in [4.69, 9.17) is 5.73 Å². The van der Waals surface area contributed by atoms with Crippen molar-refractivity contribution in [1.82, 2.24) is 4.90 Å². The smallest absolute Gasteiger partial charge is 0.265 e. The van der Waals surface area contributed by atoms with Crippen molar-refractivity contribution in [2.24, 2.45) is 11.7 Å². The molecule has 1 aliphatic rings. The molecule has 2 rings (SSSR count). The Balaban J connectivity index is 2.15. The molecule has 1 saturated heterocycles. The van der Waals surface area contributed by atoms with Gasteiger partial charge in [-0.25, -0.2) is 0 Å². The predicted molar refractivity (Wildman–Crippen MR) is 73.8 cm³/mol. The van der Waals surface area contributed by atoms with Crippen molar-refractivity contribution in [3.05, 3.63) is 16.3 Å². The highest BCUT2D eigenvalue weighted by molar-refractivity contribution is 7.98. The van der Waals surface area contributed by atoms with Crippen LogP contribution in [0.4, 0.5) is 0 Å². The summed E-state index contributed by atoms with van der Waals surface area (Å²) in [5.74, 6) is 0.638. The van der Waals surface area contributed by atoms with Crippen molar-refractivity contribution < 1.29 is 4.79 Å². The van der Waals surface area contributed by atoms with Crippen LogP contribution in [0, 0.1) is 5.92 Å². The zero-order valence-corrected chi connectivity index (χ0v) is 11.8. The number of rotatable bonds is 3. The SMILES string of the molecule is CSc1ccsc1C(=O)N1CC(CN)CC1C. The summed E-state index contributed by atoms with van der Waals surface area (Å²) >= 11 is 3.17. The van der Waals surface area contributed by atoms with E-state index in [9.17, 15) is 4.79 Å². The lowest BCUT2D eigenvalue weighted by Gasteiger charge is -2.21. The monoisotopic (exact) mass is 270 g/mol. The van der Waals surface area contributed by atoms with Gasteiger partial charge < -0.3 is 10.6 Å². The second kappa shape index (κ2) is 5.42. The van der Waals surface area contributed by atoms with Gasteiger partial charge >= 0.3 is 0 Å². The van der Waals surface area contributed by atoms with Crippen LogP contribution in [0.3, 0.4) is 0 Å². The van der Waals surface area contributed by atoms with E-state index in [1.54, 1.807) is 11.8 Å². The van der Waals surface area contributed by atoms with E-state index in [0.29, 0.717) is 18.5 Å². The zero-order chi connectivity index (χ0) is 12.4. The van der Waals surface area contributed by atoms with Crippen LogP contribution in [0.5, 0.6) is 0 Å². The topological polar surface area (TPSA) is 46.3 Å². The Morgan fingerprint density at radius 2 is 2.47 bits per heavy atom. The maximum absolute atomic E-state index is 12.4. The highest BCUT2D eigenvalue weighted by atomic mass is 32.2. The van der Waals surface area contributed by atoms with Crippen LogP contribution in [0.2, 0.25) is 0 Å². The normalized spacial score (nSPS) is 24.3. The number of thiophene rings is 1. The van der Waals surface area contributed by atoms with Crippen LogP contribution >= 0.6 is 23.1 Å². The summed E-state index contributed by atoms with van der Waals surface area (Å²) in [7, 11) is 0. The fourth-order valence-electron chi connectivity index (χ4n) is 2.34. The molecule has 1 aliphatic heterocycles. The first-order valence-electron chi connectivity index (χ1n) is 5.79. The maximum Gasteiger partial charge on any atom is 0.265 e. The Hall–Kier alpha value is -0.520. The fourth-order valence-corrected chi connectivity index (χ4v) is 4.04. The number of nitrogens with zero attached hydrogens (tertiary/aromatic N) is 1. The van der Waals surface area contributed by atoms with Gasteiger partial charge in [0.1, 0.15) is 4.88 Å². The Morgan fingerprint density at radius 1 is 1.71 bits per heavy atom. The second-order valence-electron chi connectivity index (χ2n) is 4.46. The van der Waals surface area contributed by atoms with Crippen molar-refractivity contribution in [2.75, 3.05) is 19.3 Å². The van der Waals surface area contributed by atoms with Crippen molar-refractivity contribution in [2.45, 2.75) is 24.3 Å². The lowest BCUT2D eigenvalue weighted by Crippen LogP contribution is -2.34. The second-order valence-corrected chi connectivity index (χ2v) is 6.23. The van der Waals surface area contributed by atoms with Gasteiger partial charge in [0.25, 0.3) is 5.91 Å². The molecule has 0 spiro atoms. The predicted octanol–water partition coefficient (Wildman–Crippen LogP) is 2.28. The van der Waals surface area contributed by atoms with E-state index in [2.05, 4.69) is 6.92 Å². The summed E-state index contributed by atoms with van der Waals surface area (Å²) in [6.07, 6.45) is 3.04. The average molecular weight is 270 g/mol. The minimum Gasteiger partial charge on any atom is -0.335 e. The van der Waals surface area contributed by atoms with Gasteiger partial charge in [-0.15, -0.1) is 23.1 Å². The van der Waals surface area contributed by atoms with Crippen LogP contribution in [0.15, 0.2) is 16.3 Å². The zero-order valence-electron chi connectivity index (χ0n) is 10.2. The largest absolute Gasteiger partial charge is 0.335 e. The molecule has 1 amide bonds. The van der Waals surface area contributed by atoms with Gasteiger partial charge in [-0.2, -0.15) is 0 Å². The molecule has 2 heterocycles. The highest BCUT2D eigenvalue weighted by Crippen LogP contribution is 2.30. The van der Waals surface area contributed by atoms with Gasteiger partial charge in [-0.05, 0) is 43.5 Å². The summed E-state index contributed by atoms with van der Waals surface area (Å²) in [6.45, 7) is 3.59. The Bertz CT molecular complexity index is 405. The minimum atomic E-state index is 0.174. The van der Waals surface area contributed by atoms with Crippen LogP contribution in [0.25, 0.3) is 0 Å². The molecular weight excluding hydrogens is 252 g/mol. The molecule has 2 N–H and O–H groups in total. The van der Waals surface area contributed by atoms with E-state index in [0.717, 1.165) is 22.7 Å². The van der Waals surface area contributed by atoms with Gasteiger partial charge in [0.2, 0.25) is 0 Å². The molecule has 94 valence electrons. The number of carbonyl (C=O) groups is 1. The molecule has 3 nitrogen and oxygen atoms in total. The molecule has 0 radical (unpaired) electrons. The Kier molecular flexibility index (Phi) is 4.12. The molecule has 1 aromatic rings. The first-order chi connectivity index (χ1) is 8.17. The summed E-state index contributed by atoms with van der Waals surface area (Å²) in [4.78, 5) is 16.4. The molecular formula is C12H18N2OS2. The Labute approximate surface area is 110 Å². The quantitative estimate of drug-likeness (QED) is 0.857. The van der Waals surface area contributed by atoms with Crippen molar-refractivity contribution >= 4 is 29.0 Å². The lowest BCUT2D eigenvalue weighted by molar-refractivity contribution is 0.0745.